The zero-order valence-electron chi connectivity index (χ0n) is 54.5. The quantitative estimate of drug-likeness (QED) is 0.0855. The summed E-state index contributed by atoms with van der Waals surface area (Å²) < 4.78 is 38.4. The second-order valence-corrected chi connectivity index (χ2v) is 26.5. The third-order valence-electron chi connectivity index (χ3n) is 17.5. The number of ether oxygens (including phenoxy) is 3. The summed E-state index contributed by atoms with van der Waals surface area (Å²) in [5.74, 6) is 6.13. The molecule has 0 aliphatic heterocycles. The molecule has 0 N–H and O–H groups in total. The molecule has 0 saturated carbocycles. The summed E-state index contributed by atoms with van der Waals surface area (Å²) in [6.45, 7) is 0. The number of pyridine rings is 3. The Kier molecular flexibility index (Phi) is 19.1. The average Bonchev–Trinajstić information content (AvgIpc) is 1.61. The molecule has 105 heavy (non-hydrogen) atoms. The van der Waals surface area contributed by atoms with Gasteiger partial charge in [0.15, 0.2) is 5.58 Å². The second-order valence-electron chi connectivity index (χ2n) is 23.6. The van der Waals surface area contributed by atoms with E-state index in [-0.39, 0.29) is 63.2 Å². The predicted molar refractivity (Wildman–Crippen MR) is 399 cm³/mol. The fraction of sp³-hybridized carbons (Fsp3) is 0. The number of hydrogen-bond donors (Lipinski definition) is 0. The molecule has 0 amide bonds. The largest absolute Gasteiger partial charge is 0.509 e. The third-order valence-corrected chi connectivity index (χ3v) is 20.1. The molecule has 0 radical (unpaired) electrons. The Labute approximate surface area is 652 Å². The molecule has 0 atom stereocenters. The smallest absolute Gasteiger partial charge is 0.172 e. The van der Waals surface area contributed by atoms with Crippen LogP contribution in [-0.4, -0.2) is 72.5 Å². The first-order chi connectivity index (χ1) is 50.5. The maximum absolute atomic E-state index is 6.23. The van der Waals surface area contributed by atoms with Gasteiger partial charge in [-0.3, -0.25) is 9.36 Å². The van der Waals surface area contributed by atoms with Crippen molar-refractivity contribution in [3.8, 4) is 69.0 Å². The molecule has 0 saturated heterocycles. The van der Waals surface area contributed by atoms with Gasteiger partial charge in [-0.25, -0.2) is 15.0 Å². The van der Waals surface area contributed by atoms with Crippen LogP contribution >= 0.6 is 11.3 Å². The fourth-order valence-electron chi connectivity index (χ4n) is 13.0. The normalized spacial score (nSPS) is 11.2. The van der Waals surface area contributed by atoms with Gasteiger partial charge in [0, 0.05) is 58.7 Å². The molecule has 0 fully saturated rings. The standard InChI is InChI=1S/C28H16N4O2.C28H16N4OS.C28H16N4OSe.3Pt/c1-2-9-24-22(8-1)23-12-11-21(17-26(23)31(24)28-10-3-4-14-29-28)34-20-7-5-6-19(16-20)32-25-13-15-33-27(25)18-30-32;2*1-2-9-24-22(8-1)23-12-11-21(17-26(23)31(24)28-10-3-4-14-29-28)33-20-7-5-6-19(16-20)32-25-13-15-34-27(25)18-30-32;;;/h3*1-15,18H;;;/q3*-2;3*+2. The first kappa shape index (κ1) is 68.1. The van der Waals surface area contributed by atoms with Crippen molar-refractivity contribution in [2.45, 2.75) is 0 Å². The van der Waals surface area contributed by atoms with Crippen molar-refractivity contribution >= 4 is 122 Å². The number of aromatic nitrogens is 12. The maximum atomic E-state index is 6.23. The molecular formula is C84H48N12O4Pt3SSe. The molecule has 21 aromatic rings. The van der Waals surface area contributed by atoms with Crippen LogP contribution in [-0.2, 0) is 63.2 Å². The number of fused-ring (bicyclic) bond motifs is 12. The summed E-state index contributed by atoms with van der Waals surface area (Å²) in [4.78, 5) is 16.0. The number of para-hydroxylation sites is 3. The van der Waals surface area contributed by atoms with Gasteiger partial charge in [-0.05, 0) is 88.2 Å². The van der Waals surface area contributed by atoms with Crippen LogP contribution in [0.1, 0.15) is 0 Å². The van der Waals surface area contributed by atoms with Gasteiger partial charge in [0.1, 0.15) is 17.2 Å². The molecule has 16 nitrogen and oxygen atoms in total. The molecule has 12 aromatic heterocycles. The summed E-state index contributed by atoms with van der Waals surface area (Å²) in [6.07, 6.45) is 12.6. The minimum Gasteiger partial charge on any atom is -0.509 e. The van der Waals surface area contributed by atoms with Gasteiger partial charge in [-0.15, -0.1) is 82.8 Å². The first-order valence-corrected chi connectivity index (χ1v) is 35.2. The van der Waals surface area contributed by atoms with E-state index in [0.717, 1.165) is 127 Å². The van der Waals surface area contributed by atoms with Crippen LogP contribution in [0.2, 0.25) is 0 Å². The topological polar surface area (TPSA) is 148 Å². The van der Waals surface area contributed by atoms with E-state index in [9.17, 15) is 0 Å². The van der Waals surface area contributed by atoms with Gasteiger partial charge in [-0.1, -0.05) is 83.8 Å². The van der Waals surface area contributed by atoms with E-state index in [4.69, 9.17) is 18.6 Å². The predicted octanol–water partition coefficient (Wildman–Crippen LogP) is 19.4. The van der Waals surface area contributed by atoms with Crippen molar-refractivity contribution in [2.75, 3.05) is 0 Å². The Balaban J connectivity index is 0.000000119. The number of hydrogen-bond acceptors (Lipinski definition) is 11. The maximum Gasteiger partial charge on any atom is 0.172 e. The number of benzene rings is 9. The van der Waals surface area contributed by atoms with E-state index in [1.165, 1.54) is 4.26 Å². The zero-order chi connectivity index (χ0) is 67.5. The summed E-state index contributed by atoms with van der Waals surface area (Å²) >= 11 is 2.03. The second kappa shape index (κ2) is 29.4. The van der Waals surface area contributed by atoms with Crippen LogP contribution in [0.4, 0.5) is 0 Å². The Hall–Kier alpha value is -11.3. The van der Waals surface area contributed by atoms with Crippen molar-refractivity contribution in [1.29, 1.82) is 0 Å². The third kappa shape index (κ3) is 12.8. The molecule has 21 rings (SSSR count). The Bertz CT molecular complexity index is 6040. The molecule has 0 bridgehead atoms. The Morgan fingerprint density at radius 2 is 0.743 bits per heavy atom. The number of thiophene rings is 1. The van der Waals surface area contributed by atoms with Gasteiger partial charge in [0.2, 0.25) is 0 Å². The van der Waals surface area contributed by atoms with Gasteiger partial charge in [0.05, 0.1) is 28.9 Å². The molecule has 0 unspecified atom stereocenters. The summed E-state index contributed by atoms with van der Waals surface area (Å²) in [5, 5.41) is 22.3. The zero-order valence-corrected chi connectivity index (χ0v) is 63.8. The van der Waals surface area contributed by atoms with Crippen LogP contribution in [0.5, 0.6) is 34.5 Å². The molecule has 21 heteroatoms. The van der Waals surface area contributed by atoms with E-state index < -0.39 is 0 Å². The Morgan fingerprint density at radius 3 is 1.20 bits per heavy atom. The van der Waals surface area contributed by atoms with Gasteiger partial charge in [0.25, 0.3) is 0 Å². The molecule has 9 aromatic carbocycles. The van der Waals surface area contributed by atoms with E-state index >= 15 is 0 Å². The monoisotopic (exact) mass is 1990 g/mol. The minimum atomic E-state index is 0. The molecule has 0 aliphatic carbocycles. The summed E-state index contributed by atoms with van der Waals surface area (Å²) in [5.41, 5.74) is 12.2. The van der Waals surface area contributed by atoms with Crippen LogP contribution in [0.15, 0.2) is 295 Å². The van der Waals surface area contributed by atoms with Crippen molar-refractivity contribution in [1.82, 2.24) is 58.0 Å². The van der Waals surface area contributed by atoms with Crippen LogP contribution in [0, 0.1) is 36.4 Å². The minimum absolute atomic E-state index is 0. The Morgan fingerprint density at radius 1 is 0.333 bits per heavy atom. The van der Waals surface area contributed by atoms with Crippen molar-refractivity contribution in [3.63, 3.8) is 0 Å². The molecular weight excluding hydrogens is 1940 g/mol. The molecule has 510 valence electrons. The van der Waals surface area contributed by atoms with Gasteiger partial charge < -0.3 is 23.0 Å². The van der Waals surface area contributed by atoms with Gasteiger partial charge >= 0.3 is 211 Å². The summed E-state index contributed by atoms with van der Waals surface area (Å²) in [7, 11) is 0. The van der Waals surface area contributed by atoms with Crippen molar-refractivity contribution in [2.24, 2.45) is 0 Å². The number of rotatable bonds is 12. The van der Waals surface area contributed by atoms with Crippen molar-refractivity contribution in [3.05, 3.63) is 327 Å². The van der Waals surface area contributed by atoms with Gasteiger partial charge in [-0.2, -0.15) is 34.5 Å². The van der Waals surface area contributed by atoms with E-state index in [1.807, 2.05) is 179 Å². The molecule has 12 heterocycles. The van der Waals surface area contributed by atoms with Crippen LogP contribution < -0.4 is 14.2 Å². The van der Waals surface area contributed by atoms with E-state index in [2.05, 4.69) is 170 Å². The van der Waals surface area contributed by atoms with Crippen LogP contribution in [0.3, 0.4) is 0 Å². The SMILES string of the molecule is [Pt+2].[Pt+2].[Pt+2].[c-]1c(Oc2[c-]c3c(cc2)c2ccccc2n3-c2ccccn2)cccc1-n1ncc2[se]ccc21.[c-]1c(Oc2[c-]c3c(cc2)c2ccccc2n3-c2ccccn2)cccc1-n1ncc2occc21.[c-]1c(Oc2[c-]c3c(cc2)c2ccccc2n3-c2ccccn2)cccc1-n1ncc2sccc21. The number of furan rings is 1. The van der Waals surface area contributed by atoms with Crippen molar-refractivity contribution < 1.29 is 81.8 Å². The fourth-order valence-corrected chi connectivity index (χ4v) is 15.3. The van der Waals surface area contributed by atoms with E-state index in [0.29, 0.717) is 49.0 Å². The number of nitrogens with zero attached hydrogens (tertiary/aromatic N) is 12. The average molecular weight is 1990 g/mol. The van der Waals surface area contributed by atoms with E-state index in [1.54, 1.807) is 47.1 Å². The first-order valence-electron chi connectivity index (χ1n) is 32.5. The molecule has 0 aliphatic rings. The summed E-state index contributed by atoms with van der Waals surface area (Å²) in [6, 6.07) is 98.5. The van der Waals surface area contributed by atoms with Crippen LogP contribution in [0.25, 0.3) is 131 Å². The molecule has 0 spiro atoms.